The number of benzene rings is 1. The number of Topliss-reactive ketones (excluding diaryl/α,β-unsaturated/α-hetero) is 2. The molecule has 206 valence electrons. The van der Waals surface area contributed by atoms with Crippen LogP contribution in [-0.2, 0) is 30.3 Å². The molecule has 10 heteroatoms. The van der Waals surface area contributed by atoms with Crippen LogP contribution in [0.25, 0.3) is 10.4 Å². The number of carboxylic acid groups (broad SMARTS) is 1. The number of carbonyl (C=O) groups excluding carboxylic acids is 3. The molecule has 1 amide bonds. The molecule has 0 radical (unpaired) electrons. The van der Waals surface area contributed by atoms with Gasteiger partial charge in [0.15, 0.2) is 11.6 Å². The molecule has 2 aromatic rings. The van der Waals surface area contributed by atoms with Crippen molar-refractivity contribution in [1.82, 2.24) is 9.88 Å². The molecule has 0 bridgehead atoms. The topological polar surface area (TPSA) is 134 Å². The Kier molecular flexibility index (Phi) is 9.92. The highest BCUT2D eigenvalue weighted by molar-refractivity contribution is 7.13. The number of aryl methyl sites for hydroxylation is 2. The van der Waals surface area contributed by atoms with E-state index in [0.29, 0.717) is 6.42 Å². The third-order valence-corrected chi connectivity index (χ3v) is 7.80. The number of rotatable bonds is 12. The number of carboxylic acids is 1. The molecule has 9 nitrogen and oxygen atoms in total. The highest BCUT2D eigenvalue weighted by atomic mass is 32.1. The van der Waals surface area contributed by atoms with Crippen LogP contribution in [0.4, 0.5) is 0 Å². The largest absolute Gasteiger partial charge is 0.480 e. The van der Waals surface area contributed by atoms with Crippen molar-refractivity contribution in [1.29, 1.82) is 0 Å². The lowest BCUT2D eigenvalue weighted by Gasteiger charge is -2.34. The lowest BCUT2D eigenvalue weighted by Crippen LogP contribution is -2.47. The summed E-state index contributed by atoms with van der Waals surface area (Å²) in [4.78, 5) is 56.7. The summed E-state index contributed by atoms with van der Waals surface area (Å²) in [5.41, 5.74) is 4.27. The number of ether oxygens (including phenoxy) is 1. The Hall–Kier alpha value is -2.95. The summed E-state index contributed by atoms with van der Waals surface area (Å²) in [6.45, 7) is 6.51. The van der Waals surface area contributed by atoms with Crippen LogP contribution in [0.3, 0.4) is 0 Å². The number of nitrogens with zero attached hydrogens (tertiary/aromatic N) is 2. The molecule has 38 heavy (non-hydrogen) atoms. The van der Waals surface area contributed by atoms with Gasteiger partial charge in [-0.15, -0.1) is 11.3 Å². The first-order valence-corrected chi connectivity index (χ1v) is 13.6. The minimum atomic E-state index is -1.18. The van der Waals surface area contributed by atoms with Crippen molar-refractivity contribution in [3.63, 3.8) is 0 Å². The Morgan fingerprint density at radius 3 is 2.42 bits per heavy atom. The lowest BCUT2D eigenvalue weighted by atomic mass is 9.76. The summed E-state index contributed by atoms with van der Waals surface area (Å²) in [6, 6.07) is 7.25. The second-order valence-electron chi connectivity index (χ2n) is 10.9. The standard InChI is InChI=1S/C28H36N2O7S/c1-17-26(38-16-29-17)19-8-5-18(6-9-19)7-10-24(33)23-12-20(31)13-30(23)27(36)22(28(2,3)4)11-21(32)14-37-15-25(34)35/h5-6,8-9,16,20,22-23,31H,7,10-15H2,1-4H3,(H,34,35)/t20-,22-,23?/m1/s1. The van der Waals surface area contributed by atoms with Crippen molar-refractivity contribution < 1.29 is 34.1 Å². The van der Waals surface area contributed by atoms with Gasteiger partial charge in [-0.2, -0.15) is 0 Å². The van der Waals surface area contributed by atoms with Gasteiger partial charge in [0.1, 0.15) is 13.2 Å². The Labute approximate surface area is 226 Å². The maximum atomic E-state index is 13.6. The molecular weight excluding hydrogens is 508 g/mol. The molecule has 1 aliphatic rings. The van der Waals surface area contributed by atoms with E-state index in [1.165, 1.54) is 4.90 Å². The third-order valence-electron chi connectivity index (χ3n) is 6.82. The number of thiazole rings is 1. The Balaban J connectivity index is 1.64. The number of hydrogen-bond acceptors (Lipinski definition) is 8. The van der Waals surface area contributed by atoms with E-state index in [2.05, 4.69) is 4.98 Å². The van der Waals surface area contributed by atoms with Crippen LogP contribution in [0.2, 0.25) is 0 Å². The molecule has 3 atom stereocenters. The Morgan fingerprint density at radius 1 is 1.16 bits per heavy atom. The normalized spacial score (nSPS) is 18.4. The van der Waals surface area contributed by atoms with Crippen LogP contribution in [0.5, 0.6) is 0 Å². The number of aliphatic hydroxyl groups is 1. The average molecular weight is 545 g/mol. The quantitative estimate of drug-likeness (QED) is 0.416. The number of aliphatic hydroxyl groups excluding tert-OH is 1. The summed E-state index contributed by atoms with van der Waals surface area (Å²) < 4.78 is 4.89. The van der Waals surface area contributed by atoms with E-state index in [-0.39, 0.29) is 43.3 Å². The van der Waals surface area contributed by atoms with Crippen molar-refractivity contribution in [3.05, 3.63) is 41.0 Å². The van der Waals surface area contributed by atoms with Crippen LogP contribution >= 0.6 is 11.3 Å². The van der Waals surface area contributed by atoms with Crippen molar-refractivity contribution in [2.75, 3.05) is 19.8 Å². The van der Waals surface area contributed by atoms with Crippen molar-refractivity contribution in [2.45, 2.75) is 65.5 Å². The number of aliphatic carboxylic acids is 1. The van der Waals surface area contributed by atoms with Crippen molar-refractivity contribution in [2.24, 2.45) is 11.3 Å². The summed E-state index contributed by atoms with van der Waals surface area (Å²) in [7, 11) is 0. The lowest BCUT2D eigenvalue weighted by molar-refractivity contribution is -0.147. The summed E-state index contributed by atoms with van der Waals surface area (Å²) in [5.74, 6) is -2.80. The summed E-state index contributed by atoms with van der Waals surface area (Å²) >= 11 is 1.58. The molecule has 1 unspecified atom stereocenters. The Bertz CT molecular complexity index is 1150. The monoisotopic (exact) mass is 544 g/mol. The maximum absolute atomic E-state index is 13.6. The van der Waals surface area contributed by atoms with Gasteiger partial charge in [0.2, 0.25) is 5.91 Å². The van der Waals surface area contributed by atoms with E-state index in [1.54, 1.807) is 11.3 Å². The number of aromatic nitrogens is 1. The highest BCUT2D eigenvalue weighted by Crippen LogP contribution is 2.34. The molecule has 1 aromatic carbocycles. The molecule has 3 rings (SSSR count). The molecule has 1 saturated heterocycles. The van der Waals surface area contributed by atoms with E-state index < -0.39 is 42.7 Å². The van der Waals surface area contributed by atoms with E-state index in [0.717, 1.165) is 21.7 Å². The average Bonchev–Trinajstić information content (AvgIpc) is 3.45. The smallest absolute Gasteiger partial charge is 0.329 e. The van der Waals surface area contributed by atoms with E-state index in [9.17, 15) is 24.3 Å². The highest BCUT2D eigenvalue weighted by Gasteiger charge is 2.44. The second-order valence-corrected chi connectivity index (χ2v) is 11.7. The zero-order chi connectivity index (χ0) is 28.0. The molecule has 0 spiro atoms. The van der Waals surface area contributed by atoms with Crippen LogP contribution in [0, 0.1) is 18.3 Å². The fourth-order valence-electron chi connectivity index (χ4n) is 4.70. The van der Waals surface area contributed by atoms with E-state index >= 15 is 0 Å². The summed E-state index contributed by atoms with van der Waals surface area (Å²) in [5, 5.41) is 19.0. The summed E-state index contributed by atoms with van der Waals surface area (Å²) in [6.07, 6.45) is -0.0494. The molecule has 1 fully saturated rings. The number of β-amino-alcohol motifs (C(OH)–C–C–N with tert-alkyl or cyclic N) is 1. The Morgan fingerprint density at radius 2 is 1.84 bits per heavy atom. The van der Waals surface area contributed by atoms with Crippen molar-refractivity contribution in [3.8, 4) is 10.4 Å². The second kappa shape index (κ2) is 12.7. The first-order chi connectivity index (χ1) is 17.9. The van der Waals surface area contributed by atoms with Gasteiger partial charge >= 0.3 is 5.97 Å². The fraction of sp³-hybridized carbons (Fsp3) is 0.536. The fourth-order valence-corrected chi connectivity index (χ4v) is 5.51. The van der Waals surface area contributed by atoms with Gasteiger partial charge in [0.25, 0.3) is 0 Å². The van der Waals surface area contributed by atoms with Crippen LogP contribution in [-0.4, -0.2) is 75.4 Å². The number of hydrogen-bond donors (Lipinski definition) is 2. The number of ketones is 2. The minimum Gasteiger partial charge on any atom is -0.480 e. The number of amides is 1. The molecule has 0 aliphatic carbocycles. The number of likely N-dealkylation sites (tertiary alicyclic amines) is 1. The minimum absolute atomic E-state index is 0.0361. The molecule has 1 aromatic heterocycles. The molecule has 0 saturated carbocycles. The van der Waals surface area contributed by atoms with Gasteiger partial charge in [-0.1, -0.05) is 45.0 Å². The zero-order valence-corrected chi connectivity index (χ0v) is 23.1. The predicted octanol–water partition coefficient (Wildman–Crippen LogP) is 3.30. The first-order valence-electron chi connectivity index (χ1n) is 12.7. The zero-order valence-electron chi connectivity index (χ0n) is 22.3. The number of carbonyl (C=O) groups is 4. The van der Waals surface area contributed by atoms with Crippen LogP contribution < -0.4 is 0 Å². The van der Waals surface area contributed by atoms with Crippen LogP contribution in [0.15, 0.2) is 29.8 Å². The van der Waals surface area contributed by atoms with Gasteiger partial charge in [-0.25, -0.2) is 9.78 Å². The maximum Gasteiger partial charge on any atom is 0.329 e. The SMILES string of the molecule is Cc1ncsc1-c1ccc(CCC(=O)C2C[C@@H](O)CN2C(=O)[C@@H](CC(=O)COCC(=O)O)C(C)(C)C)cc1. The van der Waals surface area contributed by atoms with E-state index in [1.807, 2.05) is 57.5 Å². The third kappa shape index (κ3) is 7.78. The predicted molar refractivity (Wildman–Crippen MR) is 143 cm³/mol. The first kappa shape index (κ1) is 29.6. The van der Waals surface area contributed by atoms with Gasteiger partial charge < -0.3 is 19.8 Å². The van der Waals surface area contributed by atoms with Gasteiger partial charge in [-0.3, -0.25) is 14.4 Å². The molecule has 1 aliphatic heterocycles. The van der Waals surface area contributed by atoms with E-state index in [4.69, 9.17) is 9.84 Å². The van der Waals surface area contributed by atoms with Gasteiger partial charge in [0, 0.05) is 31.7 Å². The van der Waals surface area contributed by atoms with Crippen LogP contribution in [0.1, 0.15) is 51.3 Å². The molecule has 2 N–H and O–H groups in total. The molecule has 2 heterocycles. The van der Waals surface area contributed by atoms with Gasteiger partial charge in [-0.05, 0) is 29.9 Å². The van der Waals surface area contributed by atoms with Crippen molar-refractivity contribution >= 4 is 34.8 Å². The molecular formula is C28H36N2O7S. The van der Waals surface area contributed by atoms with Gasteiger partial charge in [0.05, 0.1) is 28.2 Å².